The number of para-hydroxylation sites is 1. The lowest BCUT2D eigenvalue weighted by Crippen LogP contribution is -2.34. The highest BCUT2D eigenvalue weighted by atomic mass is 16.6. The predicted octanol–water partition coefficient (Wildman–Crippen LogP) is 2.34. The number of carbonyl (C=O) groups excluding carboxylic acids is 2. The van der Waals surface area contributed by atoms with Gasteiger partial charge in [-0.1, -0.05) is 24.3 Å². The summed E-state index contributed by atoms with van der Waals surface area (Å²) >= 11 is 0. The Hall–Kier alpha value is -3.22. The van der Waals surface area contributed by atoms with Gasteiger partial charge in [0.1, 0.15) is 6.04 Å². The zero-order valence-corrected chi connectivity index (χ0v) is 12.0. The van der Waals surface area contributed by atoms with Crippen molar-refractivity contribution in [3.8, 4) is 0 Å². The van der Waals surface area contributed by atoms with E-state index in [1.165, 1.54) is 18.2 Å². The van der Waals surface area contributed by atoms with Crippen molar-refractivity contribution in [3.05, 3.63) is 64.7 Å². The Kier molecular flexibility index (Phi) is 3.76. The Balaban J connectivity index is 1.80. The molecule has 0 aromatic heterocycles. The first kappa shape index (κ1) is 14.7. The number of benzene rings is 2. The molecule has 0 aliphatic carbocycles. The zero-order chi connectivity index (χ0) is 16.4. The molecule has 7 heteroatoms. The van der Waals surface area contributed by atoms with Gasteiger partial charge in [-0.3, -0.25) is 19.7 Å². The number of hydrogen-bond donors (Lipinski definition) is 1. The van der Waals surface area contributed by atoms with Crippen LogP contribution in [0.4, 0.5) is 17.1 Å². The van der Waals surface area contributed by atoms with Crippen LogP contribution in [0.15, 0.2) is 54.6 Å². The molecule has 1 fully saturated rings. The fourth-order valence-electron chi connectivity index (χ4n) is 2.50. The van der Waals surface area contributed by atoms with Crippen LogP contribution in [0.1, 0.15) is 6.42 Å². The van der Waals surface area contributed by atoms with E-state index >= 15 is 0 Å². The monoisotopic (exact) mass is 311 g/mol. The molecule has 0 bridgehead atoms. The van der Waals surface area contributed by atoms with Crippen molar-refractivity contribution in [1.29, 1.82) is 0 Å². The summed E-state index contributed by atoms with van der Waals surface area (Å²) in [6.45, 7) is 0. The molecular weight excluding hydrogens is 298 g/mol. The lowest BCUT2D eigenvalue weighted by Gasteiger charge is -2.15. The Morgan fingerprint density at radius 3 is 2.52 bits per heavy atom. The molecule has 0 saturated carbocycles. The number of imide groups is 1. The molecule has 1 aliphatic heterocycles. The van der Waals surface area contributed by atoms with Crippen LogP contribution in [0.5, 0.6) is 0 Å². The summed E-state index contributed by atoms with van der Waals surface area (Å²) in [7, 11) is 0. The summed E-state index contributed by atoms with van der Waals surface area (Å²) < 4.78 is 0. The summed E-state index contributed by atoms with van der Waals surface area (Å²) in [5.41, 5.74) is 0.873. The fourth-order valence-corrected chi connectivity index (χ4v) is 2.50. The summed E-state index contributed by atoms with van der Waals surface area (Å²) in [4.78, 5) is 36.0. The van der Waals surface area contributed by atoms with E-state index in [2.05, 4.69) is 5.32 Å². The molecule has 0 radical (unpaired) electrons. The van der Waals surface area contributed by atoms with E-state index in [0.717, 1.165) is 4.90 Å². The van der Waals surface area contributed by atoms with Crippen LogP contribution in [-0.4, -0.2) is 22.8 Å². The third-order valence-electron chi connectivity index (χ3n) is 3.56. The lowest BCUT2D eigenvalue weighted by molar-refractivity contribution is -0.384. The first-order valence-electron chi connectivity index (χ1n) is 6.99. The average molecular weight is 311 g/mol. The molecule has 116 valence electrons. The molecule has 1 atom stereocenters. The minimum Gasteiger partial charge on any atom is -0.373 e. The van der Waals surface area contributed by atoms with Gasteiger partial charge in [-0.25, -0.2) is 4.90 Å². The van der Waals surface area contributed by atoms with Crippen LogP contribution in [0, 0.1) is 10.1 Å². The minimum atomic E-state index is -0.732. The maximum absolute atomic E-state index is 12.4. The number of nitro benzene ring substituents is 1. The summed E-state index contributed by atoms with van der Waals surface area (Å²) in [5.74, 6) is -0.670. The van der Waals surface area contributed by atoms with Gasteiger partial charge in [0.2, 0.25) is 5.91 Å². The van der Waals surface area contributed by atoms with Crippen molar-refractivity contribution >= 4 is 28.9 Å². The first-order valence-corrected chi connectivity index (χ1v) is 6.99. The molecule has 1 N–H and O–H groups in total. The molecule has 0 spiro atoms. The first-order chi connectivity index (χ1) is 11.1. The lowest BCUT2D eigenvalue weighted by atomic mass is 10.2. The molecule has 1 aliphatic rings. The molecule has 3 rings (SSSR count). The van der Waals surface area contributed by atoms with E-state index in [0.29, 0.717) is 11.4 Å². The number of anilines is 2. The molecule has 2 aromatic rings. The topological polar surface area (TPSA) is 92.5 Å². The van der Waals surface area contributed by atoms with Gasteiger partial charge in [0.15, 0.2) is 0 Å². The average Bonchev–Trinajstić information content (AvgIpc) is 2.82. The van der Waals surface area contributed by atoms with Crippen LogP contribution in [0.25, 0.3) is 0 Å². The van der Waals surface area contributed by atoms with E-state index in [4.69, 9.17) is 0 Å². The quantitative estimate of drug-likeness (QED) is 0.531. The Morgan fingerprint density at radius 1 is 1.09 bits per heavy atom. The van der Waals surface area contributed by atoms with Crippen molar-refractivity contribution in [1.82, 2.24) is 0 Å². The number of nitrogens with one attached hydrogen (secondary N) is 1. The molecule has 1 heterocycles. The molecule has 23 heavy (non-hydrogen) atoms. The smallest absolute Gasteiger partial charge is 0.271 e. The Labute approximate surface area is 131 Å². The largest absolute Gasteiger partial charge is 0.373 e. The van der Waals surface area contributed by atoms with E-state index in [1.807, 2.05) is 0 Å². The molecule has 2 amide bonds. The van der Waals surface area contributed by atoms with Crippen molar-refractivity contribution in [2.24, 2.45) is 0 Å². The van der Waals surface area contributed by atoms with E-state index in [9.17, 15) is 19.7 Å². The van der Waals surface area contributed by atoms with Gasteiger partial charge in [-0.05, 0) is 18.2 Å². The second-order valence-electron chi connectivity index (χ2n) is 5.11. The number of hydrogen-bond acceptors (Lipinski definition) is 5. The highest BCUT2D eigenvalue weighted by molar-refractivity contribution is 6.23. The van der Waals surface area contributed by atoms with Gasteiger partial charge in [0, 0.05) is 17.8 Å². The highest BCUT2D eigenvalue weighted by Gasteiger charge is 2.39. The fraction of sp³-hybridized carbons (Fsp3) is 0.125. The summed E-state index contributed by atoms with van der Waals surface area (Å²) in [5, 5.41) is 13.7. The third kappa shape index (κ3) is 2.89. The summed E-state index contributed by atoms with van der Waals surface area (Å²) in [6, 6.07) is 13.8. The van der Waals surface area contributed by atoms with Crippen molar-refractivity contribution in [2.75, 3.05) is 10.2 Å². The van der Waals surface area contributed by atoms with Crippen LogP contribution in [0.3, 0.4) is 0 Å². The maximum Gasteiger partial charge on any atom is 0.271 e. The normalized spacial score (nSPS) is 17.4. The van der Waals surface area contributed by atoms with Crippen LogP contribution in [-0.2, 0) is 9.59 Å². The standard InChI is InChI=1S/C16H13N3O4/c20-15-10-14(16(21)18(15)12-6-2-1-3-7-12)17-11-5-4-8-13(9-11)19(22)23/h1-9,14,17H,10H2/t14-/m1/s1. The maximum atomic E-state index is 12.4. The molecule has 7 nitrogen and oxygen atoms in total. The van der Waals surface area contributed by atoms with E-state index in [-0.39, 0.29) is 23.9 Å². The highest BCUT2D eigenvalue weighted by Crippen LogP contribution is 2.25. The molecule has 1 saturated heterocycles. The van der Waals surface area contributed by atoms with Crippen LogP contribution in [0.2, 0.25) is 0 Å². The van der Waals surface area contributed by atoms with Gasteiger partial charge in [0.05, 0.1) is 17.0 Å². The summed E-state index contributed by atoms with van der Waals surface area (Å²) in [6.07, 6.45) is 0.0103. The van der Waals surface area contributed by atoms with Gasteiger partial charge in [0.25, 0.3) is 11.6 Å². The number of nitro groups is 1. The van der Waals surface area contributed by atoms with E-state index < -0.39 is 11.0 Å². The predicted molar refractivity (Wildman–Crippen MR) is 84.1 cm³/mol. The van der Waals surface area contributed by atoms with Gasteiger partial charge in [-0.15, -0.1) is 0 Å². The number of nitrogens with zero attached hydrogens (tertiary/aromatic N) is 2. The van der Waals surface area contributed by atoms with Crippen molar-refractivity contribution in [2.45, 2.75) is 12.5 Å². The Bertz CT molecular complexity index is 776. The van der Waals surface area contributed by atoms with Crippen LogP contribution < -0.4 is 10.2 Å². The third-order valence-corrected chi connectivity index (χ3v) is 3.56. The van der Waals surface area contributed by atoms with Crippen LogP contribution >= 0.6 is 0 Å². The SMILES string of the molecule is O=C1C[C@@H](Nc2cccc([N+](=O)[O-])c2)C(=O)N1c1ccccc1. The van der Waals surface area contributed by atoms with Crippen molar-refractivity contribution in [3.63, 3.8) is 0 Å². The van der Waals surface area contributed by atoms with Crippen molar-refractivity contribution < 1.29 is 14.5 Å². The number of carbonyl (C=O) groups is 2. The number of non-ortho nitro benzene ring substituents is 1. The molecule has 0 unspecified atom stereocenters. The molecular formula is C16H13N3O4. The second kappa shape index (κ2) is 5.88. The van der Waals surface area contributed by atoms with E-state index in [1.54, 1.807) is 36.4 Å². The van der Waals surface area contributed by atoms with Gasteiger partial charge >= 0.3 is 0 Å². The number of rotatable bonds is 4. The molecule has 2 aromatic carbocycles. The van der Waals surface area contributed by atoms with Gasteiger partial charge < -0.3 is 5.32 Å². The number of amides is 2. The Morgan fingerprint density at radius 2 is 1.83 bits per heavy atom. The minimum absolute atomic E-state index is 0.0103. The second-order valence-corrected chi connectivity index (χ2v) is 5.11. The van der Waals surface area contributed by atoms with Gasteiger partial charge in [-0.2, -0.15) is 0 Å². The zero-order valence-electron chi connectivity index (χ0n) is 12.0.